The summed E-state index contributed by atoms with van der Waals surface area (Å²) in [5.74, 6) is -2.26. The minimum Gasteiger partial charge on any atom is -0.461 e. The van der Waals surface area contributed by atoms with Crippen molar-refractivity contribution in [1.29, 1.82) is 0 Å². The van der Waals surface area contributed by atoms with Crippen LogP contribution in [0.25, 0.3) is 11.1 Å². The van der Waals surface area contributed by atoms with Gasteiger partial charge in [-0.25, -0.2) is 14.0 Å². The first-order valence-electron chi connectivity index (χ1n) is 11.6. The molecule has 0 radical (unpaired) electrons. The van der Waals surface area contributed by atoms with E-state index in [9.17, 15) is 14.0 Å². The van der Waals surface area contributed by atoms with E-state index in [0.29, 0.717) is 12.0 Å². The lowest BCUT2D eigenvalue weighted by Crippen LogP contribution is -2.21. The molecule has 0 bridgehead atoms. The molecule has 7 heteroatoms. The summed E-state index contributed by atoms with van der Waals surface area (Å²) >= 11 is 0. The van der Waals surface area contributed by atoms with Gasteiger partial charge in [0.1, 0.15) is 19.0 Å². The zero-order valence-electron chi connectivity index (χ0n) is 20.1. The van der Waals surface area contributed by atoms with Crippen LogP contribution in [-0.4, -0.2) is 48.6 Å². The van der Waals surface area contributed by atoms with Gasteiger partial charge in [-0.15, -0.1) is 0 Å². The number of benzene rings is 2. The third-order valence-corrected chi connectivity index (χ3v) is 5.61. The van der Waals surface area contributed by atoms with Gasteiger partial charge in [0.2, 0.25) is 0 Å². The molecule has 0 saturated heterocycles. The van der Waals surface area contributed by atoms with Crippen LogP contribution in [0.3, 0.4) is 0 Å². The Morgan fingerprint density at radius 1 is 0.886 bits per heavy atom. The highest BCUT2D eigenvalue weighted by atomic mass is 19.1. The minimum atomic E-state index is -0.755. The van der Waals surface area contributed by atoms with Crippen molar-refractivity contribution >= 4 is 11.9 Å². The van der Waals surface area contributed by atoms with E-state index in [-0.39, 0.29) is 30.2 Å². The molecule has 2 rings (SSSR count). The van der Waals surface area contributed by atoms with E-state index >= 15 is 0 Å². The zero-order chi connectivity index (χ0) is 25.8. The second-order valence-corrected chi connectivity index (χ2v) is 8.30. The van der Waals surface area contributed by atoms with Crippen molar-refractivity contribution < 1.29 is 33.7 Å². The molecule has 0 aromatic heterocycles. The molecule has 0 amide bonds. The van der Waals surface area contributed by atoms with Crippen molar-refractivity contribution in [3.63, 3.8) is 0 Å². The van der Waals surface area contributed by atoms with Crippen LogP contribution in [-0.2, 0) is 25.5 Å². The first kappa shape index (κ1) is 28.0. The average molecular weight is 485 g/mol. The van der Waals surface area contributed by atoms with Gasteiger partial charge >= 0.3 is 11.9 Å². The molecule has 188 valence electrons. The van der Waals surface area contributed by atoms with Gasteiger partial charge in [-0.05, 0) is 41.2 Å². The van der Waals surface area contributed by atoms with Gasteiger partial charge in [-0.3, -0.25) is 0 Å². The topological polar surface area (TPSA) is 93.1 Å². The summed E-state index contributed by atoms with van der Waals surface area (Å²) < 4.78 is 25.0. The predicted molar refractivity (Wildman–Crippen MR) is 132 cm³/mol. The molecular weight excluding hydrogens is 451 g/mol. The number of unbranched alkanes of at least 4 members (excludes halogenated alkanes) is 2. The van der Waals surface area contributed by atoms with Crippen LogP contribution < -0.4 is 0 Å². The molecule has 2 N–H and O–H groups in total. The van der Waals surface area contributed by atoms with E-state index in [4.69, 9.17) is 19.7 Å². The van der Waals surface area contributed by atoms with Crippen molar-refractivity contribution in [2.24, 2.45) is 0 Å². The smallest absolute Gasteiger partial charge is 0.335 e. The van der Waals surface area contributed by atoms with Crippen molar-refractivity contribution in [2.45, 2.75) is 38.5 Å². The Hall–Kier alpha value is -3.29. The third kappa shape index (κ3) is 8.46. The second-order valence-electron chi connectivity index (χ2n) is 8.30. The van der Waals surface area contributed by atoms with Gasteiger partial charge in [-0.2, -0.15) is 0 Å². The Morgan fingerprint density at radius 3 is 1.91 bits per heavy atom. The molecule has 2 aromatic rings. The maximum Gasteiger partial charge on any atom is 0.335 e. The van der Waals surface area contributed by atoms with Crippen molar-refractivity contribution in [3.05, 3.63) is 83.7 Å². The number of aliphatic hydroxyl groups excluding tert-OH is 2. The van der Waals surface area contributed by atoms with Gasteiger partial charge in [0, 0.05) is 0 Å². The summed E-state index contributed by atoms with van der Waals surface area (Å²) in [7, 11) is 0. The predicted octanol–water partition coefficient (Wildman–Crippen LogP) is 4.49. The lowest BCUT2D eigenvalue weighted by Gasteiger charge is -2.18. The summed E-state index contributed by atoms with van der Waals surface area (Å²) in [6.07, 6.45) is 3.81. The molecule has 0 heterocycles. The largest absolute Gasteiger partial charge is 0.461 e. The van der Waals surface area contributed by atoms with E-state index in [2.05, 4.69) is 20.1 Å². The third-order valence-electron chi connectivity index (χ3n) is 5.61. The van der Waals surface area contributed by atoms with Gasteiger partial charge < -0.3 is 19.7 Å². The summed E-state index contributed by atoms with van der Waals surface area (Å²) in [5.41, 5.74) is 2.78. The number of rotatable bonds is 14. The van der Waals surface area contributed by atoms with Gasteiger partial charge in [0.25, 0.3) is 0 Å². The molecule has 0 aliphatic carbocycles. The molecule has 0 saturated carbocycles. The number of halogens is 1. The highest BCUT2D eigenvalue weighted by Crippen LogP contribution is 2.26. The Bertz CT molecular complexity index is 996. The number of carbonyl (C=O) groups is 2. The summed E-state index contributed by atoms with van der Waals surface area (Å²) in [6, 6.07) is 12.4. The van der Waals surface area contributed by atoms with Crippen LogP contribution in [0, 0.1) is 5.82 Å². The lowest BCUT2D eigenvalue weighted by molar-refractivity contribution is -0.142. The van der Waals surface area contributed by atoms with Crippen LogP contribution >= 0.6 is 0 Å². The fourth-order valence-electron chi connectivity index (χ4n) is 3.37. The normalized spacial score (nSPS) is 10.8. The van der Waals surface area contributed by atoms with Gasteiger partial charge in [-0.1, -0.05) is 69.3 Å². The van der Waals surface area contributed by atoms with Crippen LogP contribution in [0.2, 0.25) is 0 Å². The Kier molecular flexibility index (Phi) is 11.3. The number of ether oxygens (including phenoxy) is 2. The van der Waals surface area contributed by atoms with Crippen LogP contribution in [0.15, 0.2) is 66.8 Å². The molecule has 0 atom stereocenters. The van der Waals surface area contributed by atoms with Crippen LogP contribution in [0.1, 0.15) is 43.2 Å². The Balaban J connectivity index is 2.17. The first-order chi connectivity index (χ1) is 16.8. The van der Waals surface area contributed by atoms with E-state index < -0.39 is 31.1 Å². The van der Waals surface area contributed by atoms with Crippen molar-refractivity contribution in [3.8, 4) is 11.1 Å². The highest BCUT2D eigenvalue weighted by molar-refractivity contribution is 5.88. The number of esters is 2. The van der Waals surface area contributed by atoms with Gasteiger partial charge in [0.05, 0.1) is 30.3 Å². The molecule has 0 fully saturated rings. The first-order valence-corrected chi connectivity index (χ1v) is 11.6. The van der Waals surface area contributed by atoms with E-state index in [1.807, 2.05) is 24.3 Å². The molecule has 6 nitrogen and oxygen atoms in total. The number of aryl methyl sites for hydroxylation is 1. The zero-order valence-corrected chi connectivity index (χ0v) is 20.1. The Labute approximate surface area is 205 Å². The average Bonchev–Trinajstić information content (AvgIpc) is 2.88. The van der Waals surface area contributed by atoms with Crippen molar-refractivity contribution in [1.82, 2.24) is 0 Å². The molecule has 35 heavy (non-hydrogen) atoms. The van der Waals surface area contributed by atoms with Gasteiger partial charge in [0.15, 0.2) is 0 Å². The molecule has 0 aliphatic rings. The summed E-state index contributed by atoms with van der Waals surface area (Å²) in [6.45, 7) is 7.66. The van der Waals surface area contributed by atoms with Crippen LogP contribution in [0.4, 0.5) is 4.39 Å². The fraction of sp³-hybridized carbons (Fsp3) is 0.357. The number of carbonyl (C=O) groups excluding carboxylic acids is 2. The molecule has 0 spiro atoms. The maximum atomic E-state index is 14.6. The Morgan fingerprint density at radius 2 is 1.43 bits per heavy atom. The number of hydrogen-bond acceptors (Lipinski definition) is 6. The van der Waals surface area contributed by atoms with E-state index in [1.54, 1.807) is 12.1 Å². The minimum absolute atomic E-state index is 0.0927. The number of hydrogen-bond donors (Lipinski definition) is 2. The number of aliphatic hydroxyl groups is 2. The monoisotopic (exact) mass is 484 g/mol. The molecular formula is C28H33FO6. The lowest BCUT2D eigenvalue weighted by atomic mass is 9.96. The summed E-state index contributed by atoms with van der Waals surface area (Å²) in [5, 5.41) is 18.1. The molecule has 0 unspecified atom stereocenters. The molecule has 2 aromatic carbocycles. The quantitative estimate of drug-likeness (QED) is 0.233. The fourth-order valence-corrected chi connectivity index (χ4v) is 3.37. The maximum absolute atomic E-state index is 14.6. The SMILES string of the molecule is C=C(CO)C(=O)OCC(COC(=O)C(=C)CO)c1ccc(-c2ccc(CCCCC)c(F)c2)cc1. The standard InChI is InChI=1S/C28H33FO6/c1-4-5-6-7-23-12-13-24(14-26(23)29)21-8-10-22(11-9-21)25(17-34-27(32)19(2)15-30)18-35-28(33)20(3)16-31/h8-14,25,30-31H,2-7,15-18H2,1H3. The highest BCUT2D eigenvalue weighted by Gasteiger charge is 2.19. The van der Waals surface area contributed by atoms with Crippen LogP contribution in [0.5, 0.6) is 0 Å². The second kappa shape index (κ2) is 14.2. The summed E-state index contributed by atoms with van der Waals surface area (Å²) in [4.78, 5) is 23.8. The molecule has 0 aliphatic heterocycles. The van der Waals surface area contributed by atoms with Crippen molar-refractivity contribution in [2.75, 3.05) is 26.4 Å². The van der Waals surface area contributed by atoms with E-state index in [0.717, 1.165) is 36.0 Å². The van der Waals surface area contributed by atoms with E-state index in [1.165, 1.54) is 6.07 Å².